The fourth-order valence-electron chi connectivity index (χ4n) is 9.02. The number of methoxy groups -OCH3 is 1. The third-order valence-electron chi connectivity index (χ3n) is 12.3. The van der Waals surface area contributed by atoms with Crippen molar-refractivity contribution >= 4 is 11.9 Å². The molecule has 312 valence electrons. The Morgan fingerprint density at radius 1 is 1.00 bits per heavy atom. The van der Waals surface area contributed by atoms with Crippen LogP contribution in [0.5, 0.6) is 0 Å². The van der Waals surface area contributed by atoms with Gasteiger partial charge in [-0.1, -0.05) is 26.8 Å². The molecule has 54 heavy (non-hydrogen) atoms. The number of esters is 1. The third-order valence-corrected chi connectivity index (χ3v) is 12.3. The van der Waals surface area contributed by atoms with E-state index in [1.54, 1.807) is 33.8 Å². The van der Waals surface area contributed by atoms with E-state index in [4.69, 9.17) is 42.9 Å². The van der Waals surface area contributed by atoms with Crippen LogP contribution in [-0.4, -0.2) is 150 Å². The summed E-state index contributed by atoms with van der Waals surface area (Å²) in [6.45, 7) is 22.5. The molecule has 0 aromatic carbocycles. The molecule has 14 nitrogen and oxygen atoms in total. The summed E-state index contributed by atoms with van der Waals surface area (Å²) in [6, 6.07) is -0.678. The molecule has 0 aromatic heterocycles. The maximum atomic E-state index is 14.4. The molecule has 0 aliphatic carbocycles. The molecule has 4 aliphatic heterocycles. The molecule has 3 N–H and O–H groups in total. The first kappa shape index (κ1) is 45.0. The first-order valence-corrected chi connectivity index (χ1v) is 19.8. The lowest BCUT2D eigenvalue weighted by Crippen LogP contribution is -2.61. The maximum Gasteiger partial charge on any atom is 0.311 e. The van der Waals surface area contributed by atoms with Crippen LogP contribution in [0.3, 0.4) is 0 Å². The van der Waals surface area contributed by atoms with E-state index in [9.17, 15) is 20.1 Å². The lowest BCUT2D eigenvalue weighted by atomic mass is 9.77. The van der Waals surface area contributed by atoms with Crippen LogP contribution in [-0.2, 0) is 42.7 Å². The highest BCUT2D eigenvalue weighted by atomic mass is 16.7. The number of carbonyl (C=O) groups is 1. The van der Waals surface area contributed by atoms with Crippen molar-refractivity contribution in [1.82, 2.24) is 4.90 Å². The smallest absolute Gasteiger partial charge is 0.311 e. The zero-order valence-electron chi connectivity index (χ0n) is 34.9. The Morgan fingerprint density at radius 3 is 2.26 bits per heavy atom. The van der Waals surface area contributed by atoms with E-state index >= 15 is 0 Å². The Kier molecular flexibility index (Phi) is 14.9. The molecule has 0 saturated carbocycles. The summed E-state index contributed by atoms with van der Waals surface area (Å²) in [5.41, 5.74) is -3.72. The van der Waals surface area contributed by atoms with Crippen LogP contribution in [0.25, 0.3) is 0 Å². The van der Waals surface area contributed by atoms with Crippen molar-refractivity contribution in [2.75, 3.05) is 27.8 Å². The van der Waals surface area contributed by atoms with Crippen LogP contribution < -0.4 is 0 Å². The largest absolute Gasteiger partial charge is 0.472 e. The predicted octanol–water partition coefficient (Wildman–Crippen LogP) is 3.62. The van der Waals surface area contributed by atoms with Crippen LogP contribution in [0.4, 0.5) is 0 Å². The standard InChI is InChI=1S/C40H70N2O12/c1-15-17-48-39(10)19-21(3)35-41-25(7)34(53-35)40(11,46)28(16-2)51-36(45)24(6)31(52-29-20-38(9,47-14)32(44)26(8)50-29)23(5)33(39)54-37-30(43)27(42(12)13)18-22(4)49-37/h15,21-34,37,43-44,46H,1,16-20H2,2-14H3/t21-,22-,23+,24-,25-,26+,27+,28-,29?,30-,31+,32+,33-,34-,37+,38-,39+,40-/m1/s1. The molecular weight excluding hydrogens is 700 g/mol. The lowest BCUT2D eigenvalue weighted by Gasteiger charge is -2.50. The van der Waals surface area contributed by atoms with Gasteiger partial charge in [0.2, 0.25) is 0 Å². The number of hydrogen-bond acceptors (Lipinski definition) is 14. The van der Waals surface area contributed by atoms with E-state index in [-0.39, 0.29) is 31.1 Å². The predicted molar refractivity (Wildman–Crippen MR) is 202 cm³/mol. The first-order chi connectivity index (χ1) is 25.1. The molecular formula is C40H70N2O12. The minimum absolute atomic E-state index is 0.163. The van der Waals surface area contributed by atoms with Crippen molar-refractivity contribution in [2.24, 2.45) is 22.7 Å². The number of hydrogen-bond donors (Lipinski definition) is 3. The van der Waals surface area contributed by atoms with Crippen molar-refractivity contribution in [3.05, 3.63) is 12.7 Å². The summed E-state index contributed by atoms with van der Waals surface area (Å²) in [6.07, 6.45) is -5.20. The number of aliphatic hydroxyl groups is 3. The second kappa shape index (κ2) is 17.8. The molecule has 4 heterocycles. The molecule has 1 unspecified atom stereocenters. The van der Waals surface area contributed by atoms with E-state index < -0.39 is 96.0 Å². The van der Waals surface area contributed by atoms with Crippen molar-refractivity contribution in [3.8, 4) is 0 Å². The number of cyclic esters (lactones) is 1. The van der Waals surface area contributed by atoms with Gasteiger partial charge in [-0.3, -0.25) is 4.79 Å². The lowest BCUT2D eigenvalue weighted by molar-refractivity contribution is -0.320. The Labute approximate surface area is 322 Å². The van der Waals surface area contributed by atoms with Gasteiger partial charge in [-0.05, 0) is 81.8 Å². The van der Waals surface area contributed by atoms with E-state index in [1.165, 1.54) is 7.11 Å². The summed E-state index contributed by atoms with van der Waals surface area (Å²) >= 11 is 0. The zero-order valence-corrected chi connectivity index (χ0v) is 34.9. The Hall–Kier alpha value is -1.72. The number of likely N-dealkylation sites (N-methyl/N-ethyl adjacent to an activating group) is 1. The van der Waals surface area contributed by atoms with Crippen molar-refractivity contribution in [1.29, 1.82) is 0 Å². The van der Waals surface area contributed by atoms with Gasteiger partial charge in [-0.2, -0.15) is 0 Å². The molecule has 4 aliphatic rings. The number of rotatable bonds is 10. The summed E-state index contributed by atoms with van der Waals surface area (Å²) < 4.78 is 51.5. The van der Waals surface area contributed by atoms with Gasteiger partial charge >= 0.3 is 5.97 Å². The number of ether oxygens (including phenoxy) is 8. The van der Waals surface area contributed by atoms with Crippen LogP contribution >= 0.6 is 0 Å². The molecule has 0 aromatic rings. The van der Waals surface area contributed by atoms with Gasteiger partial charge in [0, 0.05) is 31.4 Å². The highest BCUT2D eigenvalue weighted by molar-refractivity contribution is 5.80. The molecule has 2 bridgehead atoms. The Balaban J connectivity index is 1.89. The molecule has 3 fully saturated rings. The Bertz CT molecular complexity index is 1300. The van der Waals surface area contributed by atoms with Gasteiger partial charge in [0.1, 0.15) is 23.9 Å². The molecule has 3 saturated heterocycles. The topological polar surface area (TPSA) is 167 Å². The highest BCUT2D eigenvalue weighted by Crippen LogP contribution is 2.42. The summed E-state index contributed by atoms with van der Waals surface area (Å²) in [4.78, 5) is 21.2. The summed E-state index contributed by atoms with van der Waals surface area (Å²) in [5.74, 6) is -2.05. The highest BCUT2D eigenvalue weighted by Gasteiger charge is 2.55. The first-order valence-electron chi connectivity index (χ1n) is 19.8. The Morgan fingerprint density at radius 2 is 1.67 bits per heavy atom. The van der Waals surface area contributed by atoms with Crippen molar-refractivity contribution in [3.63, 3.8) is 0 Å². The average molecular weight is 771 g/mol. The summed E-state index contributed by atoms with van der Waals surface area (Å²) in [7, 11) is 5.36. The van der Waals surface area contributed by atoms with Gasteiger partial charge in [0.05, 0.1) is 54.2 Å². The maximum absolute atomic E-state index is 14.4. The van der Waals surface area contributed by atoms with Crippen molar-refractivity contribution < 1.29 is 58.0 Å². The molecule has 4 rings (SSSR count). The second-order valence-corrected chi connectivity index (χ2v) is 17.1. The molecule has 14 heteroatoms. The van der Waals surface area contributed by atoms with Gasteiger partial charge < -0.3 is 58.1 Å². The van der Waals surface area contributed by atoms with Gasteiger partial charge in [-0.25, -0.2) is 4.99 Å². The number of aliphatic imine (C=N–C) groups is 1. The number of aliphatic hydroxyl groups excluding tert-OH is 2. The van der Waals surface area contributed by atoms with E-state index in [2.05, 4.69) is 6.58 Å². The van der Waals surface area contributed by atoms with Gasteiger partial charge in [-0.15, -0.1) is 6.58 Å². The van der Waals surface area contributed by atoms with Gasteiger partial charge in [0.15, 0.2) is 24.6 Å². The van der Waals surface area contributed by atoms with Gasteiger partial charge in [0.25, 0.3) is 0 Å². The quantitative estimate of drug-likeness (QED) is 0.218. The number of carbonyl (C=O) groups excluding carboxylic acids is 1. The monoisotopic (exact) mass is 770 g/mol. The zero-order chi connectivity index (χ0) is 40.5. The number of nitrogens with zero attached hydrogens (tertiary/aromatic N) is 2. The second-order valence-electron chi connectivity index (χ2n) is 17.1. The van der Waals surface area contributed by atoms with Crippen molar-refractivity contribution in [2.45, 2.75) is 185 Å². The third kappa shape index (κ3) is 9.35. The SMILES string of the molecule is C=CCO[C@@]1(C)C[C@@H](C)C2=N[C@H](C)[C@@H](O2)[C@](C)(O)[C@@H](CC)OC(=O)[C@H](C)[C@@H](OC2C[C@@](C)(OC)[C@@H](O)[C@H](C)O2)[C@H](C)[C@H]1O[C@@H]1O[C@H](C)C[C@H](N(C)C)[C@H]1O. The molecule has 0 spiro atoms. The number of fused-ring (bicyclic) bond motifs is 2. The van der Waals surface area contributed by atoms with Crippen LogP contribution in [0.1, 0.15) is 94.9 Å². The van der Waals surface area contributed by atoms with E-state index in [0.717, 1.165) is 0 Å². The van der Waals surface area contributed by atoms with Crippen LogP contribution in [0, 0.1) is 17.8 Å². The normalized spacial score (nSPS) is 48.1. The van der Waals surface area contributed by atoms with Crippen LogP contribution in [0.2, 0.25) is 0 Å². The summed E-state index contributed by atoms with van der Waals surface area (Å²) in [5, 5.41) is 34.7. The molecule has 0 amide bonds. The fourth-order valence-corrected chi connectivity index (χ4v) is 9.02. The minimum Gasteiger partial charge on any atom is -0.472 e. The van der Waals surface area contributed by atoms with E-state index in [1.807, 2.05) is 60.5 Å². The van der Waals surface area contributed by atoms with E-state index in [0.29, 0.717) is 25.2 Å². The minimum atomic E-state index is -1.58. The average Bonchev–Trinajstić information content (AvgIpc) is 3.52. The van der Waals surface area contributed by atoms with Crippen LogP contribution in [0.15, 0.2) is 17.6 Å². The molecule has 0 radical (unpaired) electrons. The fraction of sp³-hybridized carbons (Fsp3) is 0.900. The molecule has 18 atom stereocenters.